The van der Waals surface area contributed by atoms with Crippen molar-refractivity contribution in [3.63, 3.8) is 0 Å². The first-order valence-electron chi connectivity index (χ1n) is 6.72. The third-order valence-electron chi connectivity index (χ3n) is 3.18. The van der Waals surface area contributed by atoms with Crippen LogP contribution in [-0.2, 0) is 6.61 Å². The van der Waals surface area contributed by atoms with Crippen molar-refractivity contribution in [1.29, 1.82) is 0 Å². The van der Waals surface area contributed by atoms with Gasteiger partial charge in [0.1, 0.15) is 23.8 Å². The van der Waals surface area contributed by atoms with E-state index in [1.165, 1.54) is 0 Å². The Bertz CT molecular complexity index is 782. The summed E-state index contributed by atoms with van der Waals surface area (Å²) >= 11 is 12.1. The van der Waals surface area contributed by atoms with Crippen LogP contribution in [0, 0.1) is 6.92 Å². The van der Waals surface area contributed by atoms with Crippen LogP contribution >= 0.6 is 23.2 Å². The summed E-state index contributed by atoms with van der Waals surface area (Å²) in [7, 11) is 0. The van der Waals surface area contributed by atoms with Gasteiger partial charge in [-0.25, -0.2) is 0 Å². The standard InChI is InChI=1S/C17H13Cl2NO2/c1-11-8-17(20-22-11)12-2-5-15(6-3-12)21-10-13-9-14(18)4-7-16(13)19/h2-9H,10H2,1H3. The van der Waals surface area contributed by atoms with Crippen molar-refractivity contribution in [2.24, 2.45) is 0 Å². The van der Waals surface area contributed by atoms with E-state index in [4.69, 9.17) is 32.5 Å². The fraction of sp³-hybridized carbons (Fsp3) is 0.118. The largest absolute Gasteiger partial charge is 0.489 e. The lowest BCUT2D eigenvalue weighted by Gasteiger charge is -2.08. The summed E-state index contributed by atoms with van der Waals surface area (Å²) in [4.78, 5) is 0. The number of nitrogens with zero attached hydrogens (tertiary/aromatic N) is 1. The molecule has 0 unspecified atom stereocenters. The molecule has 0 spiro atoms. The Morgan fingerprint density at radius 1 is 1.05 bits per heavy atom. The van der Waals surface area contributed by atoms with Gasteiger partial charge in [0.15, 0.2) is 0 Å². The number of rotatable bonds is 4. The quantitative estimate of drug-likeness (QED) is 0.629. The zero-order chi connectivity index (χ0) is 15.5. The monoisotopic (exact) mass is 333 g/mol. The minimum absolute atomic E-state index is 0.363. The van der Waals surface area contributed by atoms with Crippen LogP contribution in [0.4, 0.5) is 0 Å². The van der Waals surface area contributed by atoms with E-state index < -0.39 is 0 Å². The fourth-order valence-electron chi connectivity index (χ4n) is 2.04. The second kappa shape index (κ2) is 6.42. The van der Waals surface area contributed by atoms with E-state index in [9.17, 15) is 0 Å². The van der Waals surface area contributed by atoms with Gasteiger partial charge < -0.3 is 9.26 Å². The highest BCUT2D eigenvalue weighted by Crippen LogP contribution is 2.25. The Balaban J connectivity index is 1.70. The SMILES string of the molecule is Cc1cc(-c2ccc(OCc3cc(Cl)ccc3Cl)cc2)no1. The van der Waals surface area contributed by atoms with Crippen LogP contribution in [-0.4, -0.2) is 5.16 Å². The molecule has 0 radical (unpaired) electrons. The molecule has 0 aliphatic rings. The Hall–Kier alpha value is -1.97. The van der Waals surface area contributed by atoms with Crippen LogP contribution in [0.2, 0.25) is 10.0 Å². The van der Waals surface area contributed by atoms with Crippen LogP contribution in [0.1, 0.15) is 11.3 Å². The van der Waals surface area contributed by atoms with Crippen LogP contribution in [0.25, 0.3) is 11.3 Å². The van der Waals surface area contributed by atoms with E-state index in [1.807, 2.05) is 37.3 Å². The highest BCUT2D eigenvalue weighted by atomic mass is 35.5. The molecule has 0 fully saturated rings. The maximum atomic E-state index is 6.11. The number of aromatic nitrogens is 1. The average Bonchev–Trinajstić information content (AvgIpc) is 2.95. The van der Waals surface area contributed by atoms with Crippen molar-refractivity contribution in [3.8, 4) is 17.0 Å². The van der Waals surface area contributed by atoms with Crippen molar-refractivity contribution in [3.05, 3.63) is 69.9 Å². The molecule has 0 saturated heterocycles. The first-order chi connectivity index (χ1) is 10.6. The van der Waals surface area contributed by atoms with Gasteiger partial charge in [0, 0.05) is 27.2 Å². The van der Waals surface area contributed by atoms with Crippen molar-refractivity contribution in [1.82, 2.24) is 5.16 Å². The van der Waals surface area contributed by atoms with Gasteiger partial charge in [-0.3, -0.25) is 0 Å². The van der Waals surface area contributed by atoms with E-state index in [0.29, 0.717) is 16.7 Å². The molecule has 3 nitrogen and oxygen atoms in total. The Kier molecular flexibility index (Phi) is 4.36. The molecule has 2 aromatic carbocycles. The summed E-state index contributed by atoms with van der Waals surface area (Å²) in [5.41, 5.74) is 2.64. The van der Waals surface area contributed by atoms with Gasteiger partial charge in [0.25, 0.3) is 0 Å². The molecule has 1 heterocycles. The second-order valence-corrected chi connectivity index (χ2v) is 5.72. The molecule has 5 heteroatoms. The molecule has 0 saturated carbocycles. The number of benzene rings is 2. The first kappa shape index (κ1) is 14.9. The highest BCUT2D eigenvalue weighted by Gasteiger charge is 2.05. The number of aryl methyl sites for hydroxylation is 1. The highest BCUT2D eigenvalue weighted by molar-refractivity contribution is 6.33. The molecule has 3 rings (SSSR count). The van der Waals surface area contributed by atoms with Crippen molar-refractivity contribution < 1.29 is 9.26 Å². The number of ether oxygens (including phenoxy) is 1. The lowest BCUT2D eigenvalue weighted by atomic mass is 10.1. The number of halogens is 2. The third-order valence-corrected chi connectivity index (χ3v) is 3.78. The molecular weight excluding hydrogens is 321 g/mol. The zero-order valence-electron chi connectivity index (χ0n) is 11.8. The minimum atomic E-state index is 0.363. The maximum absolute atomic E-state index is 6.11. The summed E-state index contributed by atoms with van der Waals surface area (Å²) in [6.45, 7) is 2.23. The summed E-state index contributed by atoms with van der Waals surface area (Å²) in [6, 6.07) is 14.9. The van der Waals surface area contributed by atoms with E-state index >= 15 is 0 Å². The van der Waals surface area contributed by atoms with Crippen LogP contribution in [0.15, 0.2) is 53.1 Å². The summed E-state index contributed by atoms with van der Waals surface area (Å²) in [5.74, 6) is 1.53. The first-order valence-corrected chi connectivity index (χ1v) is 7.48. The molecule has 0 aliphatic heterocycles. The second-order valence-electron chi connectivity index (χ2n) is 4.87. The van der Waals surface area contributed by atoms with Crippen molar-refractivity contribution >= 4 is 23.2 Å². The van der Waals surface area contributed by atoms with E-state index in [2.05, 4.69) is 5.16 Å². The Labute approximate surface area is 138 Å². The lowest BCUT2D eigenvalue weighted by molar-refractivity contribution is 0.306. The van der Waals surface area contributed by atoms with Gasteiger partial charge in [-0.15, -0.1) is 0 Å². The molecule has 0 aliphatic carbocycles. The Morgan fingerprint density at radius 2 is 1.82 bits per heavy atom. The van der Waals surface area contributed by atoms with Crippen molar-refractivity contribution in [2.75, 3.05) is 0 Å². The van der Waals surface area contributed by atoms with Gasteiger partial charge in [0.2, 0.25) is 0 Å². The van der Waals surface area contributed by atoms with Gasteiger partial charge in [0.05, 0.1) is 0 Å². The zero-order valence-corrected chi connectivity index (χ0v) is 13.4. The normalized spacial score (nSPS) is 10.7. The molecule has 0 bridgehead atoms. The van der Waals surface area contributed by atoms with Gasteiger partial charge in [-0.1, -0.05) is 28.4 Å². The molecule has 22 heavy (non-hydrogen) atoms. The molecular formula is C17H13Cl2NO2. The Morgan fingerprint density at radius 3 is 2.50 bits per heavy atom. The summed E-state index contributed by atoms with van der Waals surface area (Å²) in [6.07, 6.45) is 0. The fourth-order valence-corrected chi connectivity index (χ4v) is 2.41. The number of hydrogen-bond donors (Lipinski definition) is 0. The van der Waals surface area contributed by atoms with Crippen LogP contribution < -0.4 is 4.74 Å². The predicted octanol–water partition coefficient (Wildman–Crippen LogP) is 5.54. The average molecular weight is 334 g/mol. The predicted molar refractivity (Wildman–Crippen MR) is 87.5 cm³/mol. The van der Waals surface area contributed by atoms with E-state index in [0.717, 1.165) is 28.3 Å². The number of hydrogen-bond acceptors (Lipinski definition) is 3. The van der Waals surface area contributed by atoms with Crippen LogP contribution in [0.5, 0.6) is 5.75 Å². The molecule has 0 amide bonds. The maximum Gasteiger partial charge on any atom is 0.134 e. The topological polar surface area (TPSA) is 35.3 Å². The lowest BCUT2D eigenvalue weighted by Crippen LogP contribution is -1.96. The van der Waals surface area contributed by atoms with Crippen LogP contribution in [0.3, 0.4) is 0 Å². The molecule has 112 valence electrons. The third kappa shape index (κ3) is 3.43. The summed E-state index contributed by atoms with van der Waals surface area (Å²) < 4.78 is 10.8. The van der Waals surface area contributed by atoms with Crippen molar-refractivity contribution in [2.45, 2.75) is 13.5 Å². The smallest absolute Gasteiger partial charge is 0.134 e. The molecule has 1 aromatic heterocycles. The van der Waals surface area contributed by atoms with E-state index in [1.54, 1.807) is 18.2 Å². The van der Waals surface area contributed by atoms with E-state index in [-0.39, 0.29) is 0 Å². The summed E-state index contributed by atoms with van der Waals surface area (Å²) in [5, 5.41) is 5.26. The minimum Gasteiger partial charge on any atom is -0.489 e. The molecule has 0 N–H and O–H groups in total. The molecule has 0 atom stereocenters. The van der Waals surface area contributed by atoms with Gasteiger partial charge in [-0.05, 0) is 49.4 Å². The molecule has 3 aromatic rings. The van der Waals surface area contributed by atoms with Gasteiger partial charge in [-0.2, -0.15) is 0 Å². The van der Waals surface area contributed by atoms with Gasteiger partial charge >= 0.3 is 0 Å².